The van der Waals surface area contributed by atoms with Gasteiger partial charge in [0.1, 0.15) is 5.41 Å². The van der Waals surface area contributed by atoms with Crippen LogP contribution in [0.2, 0.25) is 0 Å². The fraction of sp³-hybridized carbons (Fsp3) is 0.333. The Bertz CT molecular complexity index is 780. The van der Waals surface area contributed by atoms with Crippen LogP contribution in [0, 0.1) is 12.3 Å². The first-order chi connectivity index (χ1) is 12.2. The van der Waals surface area contributed by atoms with Crippen LogP contribution in [0.25, 0.3) is 0 Å². The standard InChI is InChI=1S/C21H27N3O2/c1-15-7-6-8-16(13-15)14-22-19(25)21(2,3)20(26)23-17-9-11-18(12-10-17)24(4)5/h6-13H,14H2,1-5H3,(H,22,25)(H,23,26). The van der Waals surface area contributed by atoms with Gasteiger partial charge in [-0.2, -0.15) is 0 Å². The van der Waals surface area contributed by atoms with E-state index in [1.807, 2.05) is 74.4 Å². The van der Waals surface area contributed by atoms with Crippen LogP contribution in [0.4, 0.5) is 11.4 Å². The van der Waals surface area contributed by atoms with Crippen molar-refractivity contribution in [1.29, 1.82) is 0 Å². The van der Waals surface area contributed by atoms with Crippen molar-refractivity contribution in [3.63, 3.8) is 0 Å². The molecule has 26 heavy (non-hydrogen) atoms. The zero-order chi connectivity index (χ0) is 19.3. The fourth-order valence-corrected chi connectivity index (χ4v) is 2.46. The number of benzene rings is 2. The molecular weight excluding hydrogens is 326 g/mol. The van der Waals surface area contributed by atoms with Gasteiger partial charge >= 0.3 is 0 Å². The molecule has 0 saturated heterocycles. The van der Waals surface area contributed by atoms with Gasteiger partial charge in [0.2, 0.25) is 11.8 Å². The summed E-state index contributed by atoms with van der Waals surface area (Å²) in [5.41, 5.74) is 2.67. The van der Waals surface area contributed by atoms with Crippen LogP contribution in [-0.4, -0.2) is 25.9 Å². The van der Waals surface area contributed by atoms with Gasteiger partial charge in [0.15, 0.2) is 0 Å². The summed E-state index contributed by atoms with van der Waals surface area (Å²) in [5.74, 6) is -0.640. The molecule has 0 atom stereocenters. The Morgan fingerprint density at radius 2 is 1.65 bits per heavy atom. The summed E-state index contributed by atoms with van der Waals surface area (Å²) in [7, 11) is 3.91. The molecule has 0 unspecified atom stereocenters. The van der Waals surface area contributed by atoms with Crippen LogP contribution >= 0.6 is 0 Å². The predicted molar refractivity (Wildman–Crippen MR) is 106 cm³/mol. The normalized spacial score (nSPS) is 11.0. The van der Waals surface area contributed by atoms with Crippen LogP contribution in [0.3, 0.4) is 0 Å². The lowest BCUT2D eigenvalue weighted by atomic mass is 9.90. The van der Waals surface area contributed by atoms with Gasteiger partial charge in [0, 0.05) is 32.0 Å². The second kappa shape index (κ2) is 8.04. The number of nitrogens with one attached hydrogen (secondary N) is 2. The minimum absolute atomic E-state index is 0.304. The highest BCUT2D eigenvalue weighted by atomic mass is 16.2. The third-order valence-electron chi connectivity index (χ3n) is 4.31. The summed E-state index contributed by atoms with van der Waals surface area (Å²) in [5, 5.41) is 5.67. The molecule has 2 rings (SSSR count). The fourth-order valence-electron chi connectivity index (χ4n) is 2.46. The molecule has 5 nitrogen and oxygen atoms in total. The number of anilines is 2. The number of rotatable bonds is 6. The molecule has 0 fully saturated rings. The Kier molecular flexibility index (Phi) is 6.03. The van der Waals surface area contributed by atoms with Crippen LogP contribution < -0.4 is 15.5 Å². The highest BCUT2D eigenvalue weighted by molar-refractivity contribution is 6.09. The van der Waals surface area contributed by atoms with Gasteiger partial charge in [-0.1, -0.05) is 29.8 Å². The van der Waals surface area contributed by atoms with Crippen LogP contribution in [-0.2, 0) is 16.1 Å². The van der Waals surface area contributed by atoms with Crippen molar-refractivity contribution in [1.82, 2.24) is 5.32 Å². The number of amides is 2. The van der Waals surface area contributed by atoms with Gasteiger partial charge in [-0.05, 0) is 50.6 Å². The molecule has 2 amide bonds. The Balaban J connectivity index is 1.98. The number of carbonyl (C=O) groups excluding carboxylic acids is 2. The number of hydrogen-bond donors (Lipinski definition) is 2. The third-order valence-corrected chi connectivity index (χ3v) is 4.31. The van der Waals surface area contributed by atoms with Gasteiger partial charge in [-0.25, -0.2) is 0 Å². The van der Waals surface area contributed by atoms with Crippen molar-refractivity contribution in [2.24, 2.45) is 5.41 Å². The zero-order valence-electron chi connectivity index (χ0n) is 16.1. The van der Waals surface area contributed by atoms with Crippen molar-refractivity contribution in [2.75, 3.05) is 24.3 Å². The molecule has 2 aromatic rings. The molecule has 0 bridgehead atoms. The first kappa shape index (κ1) is 19.5. The van der Waals surface area contributed by atoms with Gasteiger partial charge in [0.05, 0.1) is 0 Å². The van der Waals surface area contributed by atoms with Crippen molar-refractivity contribution in [3.8, 4) is 0 Å². The highest BCUT2D eigenvalue weighted by Crippen LogP contribution is 2.21. The summed E-state index contributed by atoms with van der Waals surface area (Å²) in [6, 6.07) is 15.4. The maximum atomic E-state index is 12.6. The molecule has 138 valence electrons. The molecule has 5 heteroatoms. The molecule has 0 aliphatic heterocycles. The van der Waals surface area contributed by atoms with Crippen molar-refractivity contribution < 1.29 is 9.59 Å². The van der Waals surface area contributed by atoms with E-state index in [1.165, 1.54) is 0 Å². The zero-order valence-corrected chi connectivity index (χ0v) is 16.1. The Morgan fingerprint density at radius 3 is 2.23 bits per heavy atom. The quantitative estimate of drug-likeness (QED) is 0.783. The number of carbonyl (C=O) groups is 2. The molecule has 2 aromatic carbocycles. The molecular formula is C21H27N3O2. The number of nitrogens with zero attached hydrogens (tertiary/aromatic N) is 1. The van der Waals surface area contributed by atoms with Crippen LogP contribution in [0.5, 0.6) is 0 Å². The second-order valence-corrected chi connectivity index (χ2v) is 7.19. The Hall–Kier alpha value is -2.82. The molecule has 0 aliphatic rings. The maximum absolute atomic E-state index is 12.6. The smallest absolute Gasteiger partial charge is 0.239 e. The lowest BCUT2D eigenvalue weighted by Crippen LogP contribution is -2.44. The van der Waals surface area contributed by atoms with Gasteiger partial charge in [-0.15, -0.1) is 0 Å². The predicted octanol–water partition coefficient (Wildman–Crippen LogP) is 3.34. The lowest BCUT2D eigenvalue weighted by molar-refractivity contribution is -0.138. The average molecular weight is 353 g/mol. The van der Waals surface area contributed by atoms with E-state index in [4.69, 9.17) is 0 Å². The minimum Gasteiger partial charge on any atom is -0.378 e. The molecule has 2 N–H and O–H groups in total. The number of hydrogen-bond acceptors (Lipinski definition) is 3. The van der Waals surface area contributed by atoms with E-state index in [-0.39, 0.29) is 11.8 Å². The molecule has 0 radical (unpaired) electrons. The van der Waals surface area contributed by atoms with E-state index in [0.717, 1.165) is 16.8 Å². The molecule has 0 aliphatic carbocycles. The summed E-state index contributed by atoms with van der Waals surface area (Å²) >= 11 is 0. The van der Waals surface area contributed by atoms with Crippen LogP contribution in [0.1, 0.15) is 25.0 Å². The first-order valence-corrected chi connectivity index (χ1v) is 8.63. The molecule has 0 heterocycles. The van der Waals surface area contributed by atoms with E-state index in [0.29, 0.717) is 12.2 Å². The maximum Gasteiger partial charge on any atom is 0.239 e. The van der Waals surface area contributed by atoms with Crippen LogP contribution in [0.15, 0.2) is 48.5 Å². The lowest BCUT2D eigenvalue weighted by Gasteiger charge is -2.23. The summed E-state index contributed by atoms with van der Waals surface area (Å²) in [6.45, 7) is 5.66. The Labute approximate surface area is 155 Å². The largest absolute Gasteiger partial charge is 0.378 e. The summed E-state index contributed by atoms with van der Waals surface area (Å²) < 4.78 is 0. The SMILES string of the molecule is Cc1cccc(CNC(=O)C(C)(C)C(=O)Nc2ccc(N(C)C)cc2)c1. The van der Waals surface area contributed by atoms with E-state index < -0.39 is 5.41 Å². The van der Waals surface area contributed by atoms with E-state index in [1.54, 1.807) is 13.8 Å². The second-order valence-electron chi connectivity index (χ2n) is 7.19. The first-order valence-electron chi connectivity index (χ1n) is 8.63. The van der Waals surface area contributed by atoms with E-state index >= 15 is 0 Å². The summed E-state index contributed by atoms with van der Waals surface area (Å²) in [4.78, 5) is 27.1. The van der Waals surface area contributed by atoms with Gasteiger partial charge < -0.3 is 15.5 Å². The Morgan fingerprint density at radius 1 is 1.00 bits per heavy atom. The van der Waals surface area contributed by atoms with E-state index in [2.05, 4.69) is 10.6 Å². The van der Waals surface area contributed by atoms with Crippen molar-refractivity contribution in [3.05, 3.63) is 59.7 Å². The van der Waals surface area contributed by atoms with Gasteiger partial charge in [0.25, 0.3) is 0 Å². The average Bonchev–Trinajstić information content (AvgIpc) is 2.60. The van der Waals surface area contributed by atoms with Gasteiger partial charge in [-0.3, -0.25) is 9.59 Å². The molecule has 0 saturated carbocycles. The summed E-state index contributed by atoms with van der Waals surface area (Å²) in [6.07, 6.45) is 0. The third kappa shape index (κ3) is 4.85. The van der Waals surface area contributed by atoms with Crippen molar-refractivity contribution >= 4 is 23.2 Å². The molecule has 0 aromatic heterocycles. The van der Waals surface area contributed by atoms with Crippen molar-refractivity contribution in [2.45, 2.75) is 27.3 Å². The number of aryl methyl sites for hydroxylation is 1. The van der Waals surface area contributed by atoms with E-state index in [9.17, 15) is 9.59 Å². The topological polar surface area (TPSA) is 61.4 Å². The minimum atomic E-state index is -1.18. The highest BCUT2D eigenvalue weighted by Gasteiger charge is 2.35. The molecule has 0 spiro atoms. The monoisotopic (exact) mass is 353 g/mol.